The maximum atomic E-state index is 9.53. The number of aromatic nitrogens is 4. The first-order valence-electron chi connectivity index (χ1n) is 8.54. The summed E-state index contributed by atoms with van der Waals surface area (Å²) < 4.78 is 9.60. The summed E-state index contributed by atoms with van der Waals surface area (Å²) in [6, 6.07) is 15.4. The molecule has 0 atom stereocenters. The number of nitriles is 1. The molecule has 0 amide bonds. The summed E-state index contributed by atoms with van der Waals surface area (Å²) >= 11 is 7.65. The number of hydrogen-bond acceptors (Lipinski definition) is 5. The number of ether oxygens (including phenoxy) is 1. The molecule has 4 rings (SSSR count). The average molecular weight is 410 g/mol. The van der Waals surface area contributed by atoms with Gasteiger partial charge in [0.1, 0.15) is 18.4 Å². The highest BCUT2D eigenvalue weighted by atomic mass is 35.5. The quantitative estimate of drug-likeness (QED) is 0.439. The summed E-state index contributed by atoms with van der Waals surface area (Å²) in [6.07, 6.45) is 3.93. The van der Waals surface area contributed by atoms with Gasteiger partial charge in [-0.1, -0.05) is 41.6 Å². The van der Waals surface area contributed by atoms with Crippen LogP contribution < -0.4 is 4.74 Å². The molecule has 6 nitrogen and oxygen atoms in total. The highest BCUT2D eigenvalue weighted by molar-refractivity contribution is 7.98. The molecule has 140 valence electrons. The number of rotatable bonds is 6. The van der Waals surface area contributed by atoms with Crippen LogP contribution in [-0.2, 0) is 19.4 Å². The minimum Gasteiger partial charge on any atom is -0.484 e. The normalized spacial score (nSPS) is 10.9. The molecule has 0 aliphatic rings. The van der Waals surface area contributed by atoms with Crippen molar-refractivity contribution in [2.45, 2.75) is 17.5 Å². The number of pyridine rings is 1. The first kappa shape index (κ1) is 18.4. The molecule has 0 bridgehead atoms. The lowest BCUT2D eigenvalue weighted by Crippen LogP contribution is -2.04. The van der Waals surface area contributed by atoms with Gasteiger partial charge < -0.3 is 13.7 Å². The molecular weight excluding hydrogens is 394 g/mol. The van der Waals surface area contributed by atoms with Crippen LogP contribution >= 0.6 is 23.4 Å². The lowest BCUT2D eigenvalue weighted by atomic mass is 10.2. The molecule has 0 aliphatic heterocycles. The van der Waals surface area contributed by atoms with Crippen molar-refractivity contribution >= 4 is 28.9 Å². The molecule has 3 heterocycles. The molecule has 4 aromatic rings. The molecule has 0 aliphatic carbocycles. The summed E-state index contributed by atoms with van der Waals surface area (Å²) in [6.45, 7) is 0.271. The Morgan fingerprint density at radius 2 is 2.00 bits per heavy atom. The number of fused-ring (bicyclic) bond motifs is 1. The maximum Gasteiger partial charge on any atom is 0.191 e. The second kappa shape index (κ2) is 7.97. The van der Waals surface area contributed by atoms with E-state index in [0.717, 1.165) is 16.2 Å². The van der Waals surface area contributed by atoms with Crippen molar-refractivity contribution in [2.24, 2.45) is 7.05 Å². The van der Waals surface area contributed by atoms with Crippen molar-refractivity contribution in [1.29, 1.82) is 5.26 Å². The van der Waals surface area contributed by atoms with Gasteiger partial charge >= 0.3 is 0 Å². The summed E-state index contributed by atoms with van der Waals surface area (Å²) in [5, 5.41) is 19.3. The summed E-state index contributed by atoms with van der Waals surface area (Å²) in [5.74, 6) is 1.94. The number of halogens is 1. The Labute approximate surface area is 171 Å². The summed E-state index contributed by atoms with van der Waals surface area (Å²) in [5.41, 5.74) is 2.57. The van der Waals surface area contributed by atoms with E-state index in [1.807, 2.05) is 64.8 Å². The van der Waals surface area contributed by atoms with E-state index in [1.54, 1.807) is 6.07 Å². The van der Waals surface area contributed by atoms with Gasteiger partial charge in [-0.3, -0.25) is 0 Å². The monoisotopic (exact) mass is 409 g/mol. The number of hydrogen-bond donors (Lipinski definition) is 0. The van der Waals surface area contributed by atoms with Crippen molar-refractivity contribution in [1.82, 2.24) is 19.2 Å². The minimum atomic E-state index is 0.271. The maximum absolute atomic E-state index is 9.53. The largest absolute Gasteiger partial charge is 0.484 e. The Hall–Kier alpha value is -2.95. The zero-order valence-electron chi connectivity index (χ0n) is 15.0. The van der Waals surface area contributed by atoms with Crippen LogP contribution in [0.2, 0.25) is 5.02 Å². The number of para-hydroxylation sites is 1. The van der Waals surface area contributed by atoms with E-state index in [4.69, 9.17) is 16.3 Å². The van der Waals surface area contributed by atoms with E-state index < -0.39 is 0 Å². The zero-order valence-corrected chi connectivity index (χ0v) is 16.6. The van der Waals surface area contributed by atoms with Crippen LogP contribution in [-0.4, -0.2) is 19.2 Å². The Kier molecular flexibility index (Phi) is 5.24. The Morgan fingerprint density at radius 1 is 1.18 bits per heavy atom. The predicted octanol–water partition coefficient (Wildman–Crippen LogP) is 4.46. The number of benzene rings is 1. The van der Waals surface area contributed by atoms with Gasteiger partial charge in [0.15, 0.2) is 11.0 Å². The molecule has 3 aromatic heterocycles. The van der Waals surface area contributed by atoms with Crippen LogP contribution in [0.1, 0.15) is 17.0 Å². The van der Waals surface area contributed by atoms with Gasteiger partial charge in [0, 0.05) is 25.2 Å². The van der Waals surface area contributed by atoms with E-state index >= 15 is 0 Å². The van der Waals surface area contributed by atoms with Crippen molar-refractivity contribution < 1.29 is 4.74 Å². The molecule has 0 saturated carbocycles. The van der Waals surface area contributed by atoms with Crippen LogP contribution in [0, 0.1) is 11.3 Å². The third-order valence-electron chi connectivity index (χ3n) is 4.35. The van der Waals surface area contributed by atoms with Gasteiger partial charge in [-0.05, 0) is 29.8 Å². The first-order valence-corrected chi connectivity index (χ1v) is 9.91. The molecule has 0 saturated heterocycles. The van der Waals surface area contributed by atoms with E-state index in [0.29, 0.717) is 27.9 Å². The highest BCUT2D eigenvalue weighted by Crippen LogP contribution is 2.27. The smallest absolute Gasteiger partial charge is 0.191 e. The molecule has 0 spiro atoms. The van der Waals surface area contributed by atoms with E-state index in [1.165, 1.54) is 11.8 Å². The standard InChI is InChI=1S/C20H16ClN5OS/c1-25-19(12-27-18-8-3-2-6-16(18)21)23-24-20(25)28-13-14-11-26-9-5-4-7-17(26)15(14)10-22/h2-9,11H,12-13H2,1H3. The minimum absolute atomic E-state index is 0.271. The van der Waals surface area contributed by atoms with E-state index in [9.17, 15) is 5.26 Å². The van der Waals surface area contributed by atoms with Crippen LogP contribution in [0.5, 0.6) is 5.75 Å². The first-order chi connectivity index (χ1) is 13.7. The molecule has 0 radical (unpaired) electrons. The van der Waals surface area contributed by atoms with Crippen LogP contribution in [0.4, 0.5) is 0 Å². The lowest BCUT2D eigenvalue weighted by Gasteiger charge is -2.07. The fourth-order valence-corrected chi connectivity index (χ4v) is 3.95. The highest BCUT2D eigenvalue weighted by Gasteiger charge is 2.14. The Morgan fingerprint density at radius 3 is 2.82 bits per heavy atom. The number of nitrogens with zero attached hydrogens (tertiary/aromatic N) is 5. The second-order valence-corrected chi connectivity index (χ2v) is 7.45. The van der Waals surface area contributed by atoms with Crippen molar-refractivity contribution in [2.75, 3.05) is 0 Å². The van der Waals surface area contributed by atoms with Gasteiger partial charge in [-0.2, -0.15) is 5.26 Å². The molecule has 0 unspecified atom stereocenters. The summed E-state index contributed by atoms with van der Waals surface area (Å²) in [4.78, 5) is 0. The van der Waals surface area contributed by atoms with Crippen molar-refractivity contribution in [3.63, 3.8) is 0 Å². The van der Waals surface area contributed by atoms with Crippen LogP contribution in [0.15, 0.2) is 60.0 Å². The Balaban J connectivity index is 1.47. The van der Waals surface area contributed by atoms with Crippen molar-refractivity contribution in [3.8, 4) is 11.8 Å². The fourth-order valence-electron chi connectivity index (χ4n) is 2.86. The van der Waals surface area contributed by atoms with E-state index in [2.05, 4.69) is 16.3 Å². The molecule has 1 aromatic carbocycles. The van der Waals surface area contributed by atoms with Crippen molar-refractivity contribution in [3.05, 3.63) is 76.8 Å². The molecule has 0 fully saturated rings. The van der Waals surface area contributed by atoms with Gasteiger partial charge in [-0.15, -0.1) is 10.2 Å². The van der Waals surface area contributed by atoms with Crippen LogP contribution in [0.25, 0.3) is 5.52 Å². The SMILES string of the molecule is Cn1c(COc2ccccc2Cl)nnc1SCc1cn2ccccc2c1C#N. The molecular formula is C20H16ClN5OS. The van der Waals surface area contributed by atoms with Crippen LogP contribution in [0.3, 0.4) is 0 Å². The molecule has 28 heavy (non-hydrogen) atoms. The Bertz CT molecular complexity index is 1180. The fraction of sp³-hybridized carbons (Fsp3) is 0.150. The van der Waals surface area contributed by atoms with E-state index in [-0.39, 0.29) is 6.61 Å². The average Bonchev–Trinajstić information content (AvgIpc) is 3.25. The van der Waals surface area contributed by atoms with Gasteiger partial charge in [0.25, 0.3) is 0 Å². The second-order valence-electron chi connectivity index (χ2n) is 6.10. The van der Waals surface area contributed by atoms with Gasteiger partial charge in [0.2, 0.25) is 0 Å². The summed E-state index contributed by atoms with van der Waals surface area (Å²) in [7, 11) is 1.90. The third kappa shape index (κ3) is 3.57. The van der Waals surface area contributed by atoms with Gasteiger partial charge in [-0.25, -0.2) is 0 Å². The zero-order chi connectivity index (χ0) is 19.5. The van der Waals surface area contributed by atoms with Gasteiger partial charge in [0.05, 0.1) is 16.1 Å². The lowest BCUT2D eigenvalue weighted by molar-refractivity contribution is 0.290. The third-order valence-corrected chi connectivity index (χ3v) is 5.73. The molecule has 0 N–H and O–H groups in total. The number of thioether (sulfide) groups is 1. The predicted molar refractivity (Wildman–Crippen MR) is 108 cm³/mol. The topological polar surface area (TPSA) is 68.1 Å². The molecule has 8 heteroatoms.